The SMILES string of the molecule is Cl.O=C(O[C@@H]1CN[C@@H](C#Cc2cc3ncnc(Nc4ccc5c(c4)C(F)(F)C(=O)N5Cc4ccccc4F)c3s2)C1)N1CCOCC1. The summed E-state index contributed by atoms with van der Waals surface area (Å²) in [7, 11) is 0. The number of halogens is 4. The lowest BCUT2D eigenvalue weighted by molar-refractivity contribution is -0.141. The predicted molar refractivity (Wildman–Crippen MR) is 172 cm³/mol. The van der Waals surface area contributed by atoms with Gasteiger partial charge in [0.1, 0.15) is 18.2 Å². The van der Waals surface area contributed by atoms with E-state index in [1.54, 1.807) is 17.0 Å². The summed E-state index contributed by atoms with van der Waals surface area (Å²) in [4.78, 5) is 37.0. The zero-order valence-electron chi connectivity index (χ0n) is 24.7. The van der Waals surface area contributed by atoms with Gasteiger partial charge in [-0.25, -0.2) is 19.2 Å². The fraction of sp³-hybridized carbons (Fsp3) is 0.312. The molecule has 244 valence electrons. The highest BCUT2D eigenvalue weighted by atomic mass is 35.5. The molecule has 0 unspecified atom stereocenters. The van der Waals surface area contributed by atoms with Crippen molar-refractivity contribution in [3.63, 3.8) is 0 Å². The van der Waals surface area contributed by atoms with Crippen LogP contribution in [0.4, 0.5) is 35.2 Å². The van der Waals surface area contributed by atoms with Crippen LogP contribution in [0, 0.1) is 17.7 Å². The summed E-state index contributed by atoms with van der Waals surface area (Å²) in [6.07, 6.45) is 1.30. The van der Waals surface area contributed by atoms with Gasteiger partial charge >= 0.3 is 17.9 Å². The van der Waals surface area contributed by atoms with Crippen LogP contribution in [0.3, 0.4) is 0 Å². The molecule has 0 bridgehead atoms. The number of amides is 2. The summed E-state index contributed by atoms with van der Waals surface area (Å²) >= 11 is 1.35. The Bertz CT molecular complexity index is 1890. The van der Waals surface area contributed by atoms with Crippen LogP contribution in [0.2, 0.25) is 0 Å². The quantitative estimate of drug-likeness (QED) is 0.277. The molecule has 3 aliphatic heterocycles. The van der Waals surface area contributed by atoms with Gasteiger partial charge in [0.25, 0.3) is 0 Å². The van der Waals surface area contributed by atoms with Gasteiger partial charge in [-0.3, -0.25) is 10.1 Å². The zero-order chi connectivity index (χ0) is 31.8. The molecular formula is C32H28ClF3N6O4S. The molecule has 5 heterocycles. The van der Waals surface area contributed by atoms with Gasteiger partial charge < -0.3 is 24.6 Å². The molecule has 2 amide bonds. The maximum Gasteiger partial charge on any atom is 0.410 e. The number of nitrogens with one attached hydrogen (secondary N) is 2. The van der Waals surface area contributed by atoms with Gasteiger partial charge in [-0.15, -0.1) is 23.7 Å². The van der Waals surface area contributed by atoms with Gasteiger partial charge in [-0.05, 0) is 30.3 Å². The highest BCUT2D eigenvalue weighted by molar-refractivity contribution is 7.20. The molecule has 0 radical (unpaired) electrons. The van der Waals surface area contributed by atoms with Crippen molar-refractivity contribution < 1.29 is 32.2 Å². The first-order valence-corrected chi connectivity index (χ1v) is 15.5. The van der Waals surface area contributed by atoms with Crippen molar-refractivity contribution in [2.75, 3.05) is 43.1 Å². The number of carbonyl (C=O) groups is 2. The van der Waals surface area contributed by atoms with E-state index in [2.05, 4.69) is 32.4 Å². The molecule has 2 aromatic carbocycles. The van der Waals surface area contributed by atoms with E-state index in [1.165, 1.54) is 48.0 Å². The van der Waals surface area contributed by atoms with E-state index in [-0.39, 0.29) is 48.4 Å². The first-order chi connectivity index (χ1) is 22.3. The summed E-state index contributed by atoms with van der Waals surface area (Å²) in [6.45, 7) is 2.23. The van der Waals surface area contributed by atoms with Gasteiger partial charge in [0.15, 0.2) is 5.82 Å². The number of ether oxygens (including phenoxy) is 2. The Kier molecular flexibility index (Phi) is 9.25. The van der Waals surface area contributed by atoms with E-state index >= 15 is 8.78 Å². The minimum atomic E-state index is -3.78. The minimum absolute atomic E-state index is 0. The second kappa shape index (κ2) is 13.4. The lowest BCUT2D eigenvalue weighted by Crippen LogP contribution is -2.42. The van der Waals surface area contributed by atoms with Crippen LogP contribution in [0.1, 0.15) is 22.4 Å². The average Bonchev–Trinajstić information content (AvgIpc) is 3.74. The van der Waals surface area contributed by atoms with E-state index < -0.39 is 23.2 Å². The maximum atomic E-state index is 15.2. The summed E-state index contributed by atoms with van der Waals surface area (Å²) in [6, 6.07) is 11.6. The van der Waals surface area contributed by atoms with Crippen LogP contribution < -0.4 is 15.5 Å². The van der Waals surface area contributed by atoms with Crippen LogP contribution in [0.15, 0.2) is 54.9 Å². The largest absolute Gasteiger partial charge is 0.445 e. The minimum Gasteiger partial charge on any atom is -0.445 e. The topological polar surface area (TPSA) is 109 Å². The van der Waals surface area contributed by atoms with Crippen LogP contribution in [-0.2, 0) is 26.7 Å². The van der Waals surface area contributed by atoms with E-state index in [9.17, 15) is 14.0 Å². The maximum absolute atomic E-state index is 15.2. The molecule has 2 atom stereocenters. The van der Waals surface area contributed by atoms with E-state index in [4.69, 9.17) is 9.47 Å². The number of carbonyl (C=O) groups excluding carboxylic acids is 2. The van der Waals surface area contributed by atoms with Gasteiger partial charge in [0.2, 0.25) is 0 Å². The molecule has 47 heavy (non-hydrogen) atoms. The number of rotatable bonds is 5. The fourth-order valence-electron chi connectivity index (χ4n) is 5.61. The molecule has 4 aromatic rings. The highest BCUT2D eigenvalue weighted by Gasteiger charge is 2.53. The summed E-state index contributed by atoms with van der Waals surface area (Å²) < 4.78 is 56.1. The van der Waals surface area contributed by atoms with Crippen LogP contribution in [0.5, 0.6) is 0 Å². The van der Waals surface area contributed by atoms with Gasteiger partial charge in [-0.1, -0.05) is 30.0 Å². The summed E-state index contributed by atoms with van der Waals surface area (Å²) in [5.41, 5.74) is 0.607. The fourth-order valence-corrected chi connectivity index (χ4v) is 6.53. The number of hydrogen-bond donors (Lipinski definition) is 2. The Labute approximate surface area is 277 Å². The number of alkyl halides is 2. The van der Waals surface area contributed by atoms with Crippen molar-refractivity contribution in [1.29, 1.82) is 0 Å². The molecular weight excluding hydrogens is 657 g/mol. The highest BCUT2D eigenvalue weighted by Crippen LogP contribution is 2.46. The molecule has 15 heteroatoms. The molecule has 0 aliphatic carbocycles. The first kappa shape index (κ1) is 32.5. The number of benzene rings is 2. The Morgan fingerprint density at radius 1 is 1.17 bits per heavy atom. The Hall–Kier alpha value is -4.42. The molecule has 2 saturated heterocycles. The van der Waals surface area contributed by atoms with Crippen molar-refractivity contribution in [3.05, 3.63) is 76.7 Å². The van der Waals surface area contributed by atoms with Crippen LogP contribution in [-0.4, -0.2) is 71.9 Å². The lowest BCUT2D eigenvalue weighted by atomic mass is 10.1. The Morgan fingerprint density at radius 2 is 1.98 bits per heavy atom. The van der Waals surface area contributed by atoms with Crippen molar-refractivity contribution in [1.82, 2.24) is 20.2 Å². The third-order valence-corrected chi connectivity index (χ3v) is 9.04. The zero-order valence-corrected chi connectivity index (χ0v) is 26.3. The second-order valence-corrected chi connectivity index (χ2v) is 12.1. The van der Waals surface area contributed by atoms with E-state index in [0.717, 1.165) is 9.78 Å². The lowest BCUT2D eigenvalue weighted by Gasteiger charge is -2.27. The Balaban J connectivity index is 0.00000386. The smallest absolute Gasteiger partial charge is 0.410 e. The van der Waals surface area contributed by atoms with Crippen molar-refractivity contribution >= 4 is 63.2 Å². The number of nitrogens with zero attached hydrogens (tertiary/aromatic N) is 4. The number of morpholine rings is 1. The third-order valence-electron chi connectivity index (χ3n) is 8.00. The van der Waals surface area contributed by atoms with E-state index in [1.807, 2.05) is 6.07 Å². The van der Waals surface area contributed by atoms with Gasteiger partial charge in [0.05, 0.1) is 52.1 Å². The molecule has 0 saturated carbocycles. The standard InChI is InChI=1S/C32H27F3N6O4S.ClH/c33-25-4-2-1-3-19(25)17-41-27-8-6-21(14-24(27)32(34,35)30(41)42)39-29-28-26(37-18-38-29)15-23(46-28)7-5-20-13-22(16-36-20)45-31(43)40-9-11-44-12-10-40;/h1-4,6,8,14-15,18,20,22,36H,9-13,16-17H2,(H,37,38,39);1H/t20-,22-;/m0./s1. The van der Waals surface area contributed by atoms with Crippen molar-refractivity contribution in [3.8, 4) is 11.8 Å². The molecule has 10 nitrogen and oxygen atoms in total. The van der Waals surface area contributed by atoms with Crippen molar-refractivity contribution in [2.45, 2.75) is 31.0 Å². The van der Waals surface area contributed by atoms with Gasteiger partial charge in [-0.2, -0.15) is 8.78 Å². The molecule has 0 spiro atoms. The van der Waals surface area contributed by atoms with Crippen LogP contribution >= 0.6 is 23.7 Å². The third kappa shape index (κ3) is 6.57. The number of hydrogen-bond acceptors (Lipinski definition) is 9. The molecule has 3 aliphatic rings. The summed E-state index contributed by atoms with van der Waals surface area (Å²) in [5, 5.41) is 6.36. The van der Waals surface area contributed by atoms with Crippen molar-refractivity contribution in [2.24, 2.45) is 0 Å². The molecule has 2 aromatic heterocycles. The Morgan fingerprint density at radius 3 is 2.79 bits per heavy atom. The predicted octanol–water partition coefficient (Wildman–Crippen LogP) is 5.19. The van der Waals surface area contributed by atoms with E-state index in [0.29, 0.717) is 61.0 Å². The first-order valence-electron chi connectivity index (χ1n) is 14.6. The molecule has 7 rings (SSSR count). The number of aromatic nitrogens is 2. The monoisotopic (exact) mass is 684 g/mol. The second-order valence-electron chi connectivity index (χ2n) is 11.0. The molecule has 2 N–H and O–H groups in total. The summed E-state index contributed by atoms with van der Waals surface area (Å²) in [5.74, 6) is 0.977. The molecule has 2 fully saturated rings. The van der Waals surface area contributed by atoms with Gasteiger partial charge in [0, 0.05) is 37.3 Å². The normalized spacial score (nSPS) is 19.9. The van der Waals surface area contributed by atoms with Crippen LogP contribution in [0.25, 0.3) is 10.2 Å². The average molecular weight is 685 g/mol. The number of anilines is 3. The number of fused-ring (bicyclic) bond motifs is 2. The number of thiophene rings is 1.